The first-order valence-electron chi connectivity index (χ1n) is 4.53. The Kier molecular flexibility index (Phi) is 4.68. The summed E-state index contributed by atoms with van der Waals surface area (Å²) in [6, 6.07) is 4.85. The fraction of sp³-hybridized carbons (Fsp3) is 0.273. The van der Waals surface area contributed by atoms with Gasteiger partial charge in [0.15, 0.2) is 5.78 Å². The van der Waals surface area contributed by atoms with Gasteiger partial charge in [0.05, 0.1) is 17.5 Å². The first-order valence-corrected chi connectivity index (χ1v) is 6.24. The number of hydrogen-bond donors (Lipinski definition) is 0. The third-order valence-electron chi connectivity index (χ3n) is 2.02. The molecule has 0 aliphatic heterocycles. The summed E-state index contributed by atoms with van der Waals surface area (Å²) in [7, 11) is 1.30. The minimum absolute atomic E-state index is 0.0716. The molecule has 0 spiro atoms. The maximum atomic E-state index is 11.7. The van der Waals surface area contributed by atoms with Crippen molar-refractivity contribution in [2.24, 2.45) is 0 Å². The molecule has 5 heteroatoms. The van der Waals surface area contributed by atoms with Gasteiger partial charge in [0, 0.05) is 10.0 Å². The number of rotatable bonds is 3. The Morgan fingerprint density at radius 2 is 2.00 bits per heavy atom. The van der Waals surface area contributed by atoms with Crippen LogP contribution in [0.2, 0.25) is 0 Å². The summed E-state index contributed by atoms with van der Waals surface area (Å²) < 4.78 is 5.23. The number of hydrogen-bond acceptors (Lipinski definition) is 3. The van der Waals surface area contributed by atoms with Crippen molar-refractivity contribution < 1.29 is 14.3 Å². The lowest BCUT2D eigenvalue weighted by atomic mass is 10.1. The molecule has 0 heterocycles. The zero-order valence-electron chi connectivity index (χ0n) is 8.79. The lowest BCUT2D eigenvalue weighted by Crippen LogP contribution is -2.12. The van der Waals surface area contributed by atoms with Crippen LogP contribution in [-0.4, -0.2) is 23.7 Å². The van der Waals surface area contributed by atoms with Gasteiger partial charge in [-0.25, -0.2) is 4.79 Å². The largest absolute Gasteiger partial charge is 0.465 e. The summed E-state index contributed by atoms with van der Waals surface area (Å²) in [5.74, 6) is -0.540. The molecule has 1 atom stereocenters. The van der Waals surface area contributed by atoms with E-state index in [4.69, 9.17) is 0 Å². The maximum absolute atomic E-state index is 11.7. The second kappa shape index (κ2) is 5.59. The molecule has 1 aromatic carbocycles. The normalized spacial score (nSPS) is 12.0. The highest BCUT2D eigenvalue weighted by Crippen LogP contribution is 2.21. The topological polar surface area (TPSA) is 43.4 Å². The average molecular weight is 350 g/mol. The van der Waals surface area contributed by atoms with E-state index in [1.165, 1.54) is 13.2 Å². The Labute approximate surface area is 110 Å². The molecule has 0 N–H and O–H groups in total. The number of esters is 1. The van der Waals surface area contributed by atoms with Crippen LogP contribution >= 0.6 is 31.9 Å². The molecule has 1 unspecified atom stereocenters. The standard InChI is InChI=1S/C11H10Br2O3/c1-6(12)10(14)7-3-4-9(13)8(5-7)11(15)16-2/h3-6H,1-2H3. The smallest absolute Gasteiger partial charge is 0.339 e. The summed E-state index contributed by atoms with van der Waals surface area (Å²) in [4.78, 5) is 22.8. The van der Waals surface area contributed by atoms with Crippen LogP contribution in [-0.2, 0) is 4.74 Å². The summed E-state index contributed by atoms with van der Waals surface area (Å²) in [5, 5.41) is 0. The van der Waals surface area contributed by atoms with Crippen molar-refractivity contribution >= 4 is 43.6 Å². The van der Waals surface area contributed by atoms with E-state index in [0.29, 0.717) is 15.6 Å². The second-order valence-corrected chi connectivity index (χ2v) is 5.39. The van der Waals surface area contributed by atoms with Crippen molar-refractivity contribution in [2.75, 3.05) is 7.11 Å². The van der Waals surface area contributed by atoms with Crippen LogP contribution in [0.5, 0.6) is 0 Å². The van der Waals surface area contributed by atoms with E-state index in [9.17, 15) is 9.59 Å². The highest BCUT2D eigenvalue weighted by Gasteiger charge is 2.16. The van der Waals surface area contributed by atoms with Crippen LogP contribution in [0.4, 0.5) is 0 Å². The van der Waals surface area contributed by atoms with Gasteiger partial charge in [0.25, 0.3) is 0 Å². The summed E-state index contributed by atoms with van der Waals surface area (Å²) >= 11 is 6.43. The maximum Gasteiger partial charge on any atom is 0.339 e. The number of carbonyl (C=O) groups is 2. The molecule has 0 aliphatic rings. The summed E-state index contributed by atoms with van der Waals surface area (Å²) in [5.41, 5.74) is 0.828. The summed E-state index contributed by atoms with van der Waals surface area (Å²) in [6.07, 6.45) is 0. The Hall–Kier alpha value is -0.680. The molecule has 0 saturated heterocycles. The van der Waals surface area contributed by atoms with Gasteiger partial charge in [-0.05, 0) is 35.0 Å². The number of ether oxygens (including phenoxy) is 1. The molecule has 86 valence electrons. The lowest BCUT2D eigenvalue weighted by Gasteiger charge is -2.06. The predicted molar refractivity (Wildman–Crippen MR) is 68.2 cm³/mol. The van der Waals surface area contributed by atoms with E-state index < -0.39 is 5.97 Å². The quantitative estimate of drug-likeness (QED) is 0.478. The van der Waals surface area contributed by atoms with Gasteiger partial charge in [-0.1, -0.05) is 22.0 Å². The molecule has 0 radical (unpaired) electrons. The molecule has 0 bridgehead atoms. The Morgan fingerprint density at radius 3 is 2.50 bits per heavy atom. The number of carbonyl (C=O) groups excluding carboxylic acids is 2. The zero-order chi connectivity index (χ0) is 12.3. The number of alkyl halides is 1. The molecule has 0 amide bonds. The van der Waals surface area contributed by atoms with Crippen molar-refractivity contribution in [2.45, 2.75) is 11.8 Å². The van der Waals surface area contributed by atoms with Gasteiger partial charge < -0.3 is 4.74 Å². The van der Waals surface area contributed by atoms with E-state index in [0.717, 1.165) is 0 Å². The Balaban J connectivity index is 3.17. The van der Waals surface area contributed by atoms with E-state index in [1.54, 1.807) is 19.1 Å². The van der Waals surface area contributed by atoms with Gasteiger partial charge in [-0.3, -0.25) is 4.79 Å². The van der Waals surface area contributed by atoms with Crippen LogP contribution < -0.4 is 0 Å². The molecule has 0 fully saturated rings. The van der Waals surface area contributed by atoms with Gasteiger partial charge in [0.1, 0.15) is 0 Å². The fourth-order valence-electron chi connectivity index (χ4n) is 1.17. The third-order valence-corrected chi connectivity index (χ3v) is 3.12. The lowest BCUT2D eigenvalue weighted by molar-refractivity contribution is 0.0599. The number of benzene rings is 1. The third kappa shape index (κ3) is 2.92. The Bertz CT molecular complexity index is 427. The molecule has 0 saturated carbocycles. The first-order chi connectivity index (χ1) is 7.47. The molecule has 0 aromatic heterocycles. The zero-order valence-corrected chi connectivity index (χ0v) is 12.0. The van der Waals surface area contributed by atoms with Crippen molar-refractivity contribution in [3.63, 3.8) is 0 Å². The number of Topliss-reactive ketones (excluding diaryl/α,β-unsaturated/α-hetero) is 1. The van der Waals surface area contributed by atoms with Crippen LogP contribution in [0.25, 0.3) is 0 Å². The average Bonchev–Trinajstić information content (AvgIpc) is 2.27. The molecule has 1 rings (SSSR count). The molecule has 0 aliphatic carbocycles. The molecular formula is C11H10Br2O3. The van der Waals surface area contributed by atoms with Gasteiger partial charge in [-0.2, -0.15) is 0 Å². The van der Waals surface area contributed by atoms with Crippen LogP contribution in [0.1, 0.15) is 27.6 Å². The SMILES string of the molecule is COC(=O)c1cc(C(=O)C(C)Br)ccc1Br. The van der Waals surface area contributed by atoms with Crippen molar-refractivity contribution in [1.82, 2.24) is 0 Å². The first kappa shape index (κ1) is 13.4. The second-order valence-electron chi connectivity index (χ2n) is 3.17. The molecule has 1 aromatic rings. The van der Waals surface area contributed by atoms with Crippen LogP contribution in [0.3, 0.4) is 0 Å². The van der Waals surface area contributed by atoms with Gasteiger partial charge >= 0.3 is 5.97 Å². The predicted octanol–water partition coefficient (Wildman–Crippen LogP) is 3.20. The fourth-order valence-corrected chi connectivity index (χ4v) is 1.85. The van der Waals surface area contributed by atoms with Gasteiger partial charge in [0.2, 0.25) is 0 Å². The molecule has 3 nitrogen and oxygen atoms in total. The highest BCUT2D eigenvalue weighted by atomic mass is 79.9. The van der Waals surface area contributed by atoms with Crippen LogP contribution in [0, 0.1) is 0 Å². The highest BCUT2D eigenvalue weighted by molar-refractivity contribution is 9.10. The summed E-state index contributed by atoms with van der Waals surface area (Å²) in [6.45, 7) is 1.74. The van der Waals surface area contributed by atoms with Crippen molar-refractivity contribution in [3.05, 3.63) is 33.8 Å². The number of halogens is 2. The number of methoxy groups -OCH3 is 1. The van der Waals surface area contributed by atoms with Crippen LogP contribution in [0.15, 0.2) is 22.7 Å². The van der Waals surface area contributed by atoms with Crippen molar-refractivity contribution in [1.29, 1.82) is 0 Å². The van der Waals surface area contributed by atoms with E-state index >= 15 is 0 Å². The minimum Gasteiger partial charge on any atom is -0.465 e. The van der Waals surface area contributed by atoms with Gasteiger partial charge in [-0.15, -0.1) is 0 Å². The molecular weight excluding hydrogens is 340 g/mol. The Morgan fingerprint density at radius 1 is 1.38 bits per heavy atom. The van der Waals surface area contributed by atoms with Crippen molar-refractivity contribution in [3.8, 4) is 0 Å². The minimum atomic E-state index is -0.469. The van der Waals surface area contributed by atoms with E-state index in [1.807, 2.05) is 0 Å². The monoisotopic (exact) mass is 348 g/mol. The van der Waals surface area contributed by atoms with E-state index in [-0.39, 0.29) is 10.6 Å². The van der Waals surface area contributed by atoms with E-state index in [2.05, 4.69) is 36.6 Å². The molecule has 16 heavy (non-hydrogen) atoms. The number of ketones is 1.